The van der Waals surface area contributed by atoms with Crippen LogP contribution in [0.15, 0.2) is 91.9 Å². The van der Waals surface area contributed by atoms with Gasteiger partial charge in [-0.25, -0.2) is 39.2 Å². The van der Waals surface area contributed by atoms with Gasteiger partial charge in [-0.1, -0.05) is 29.9 Å². The fraction of sp³-hybridized carbons (Fsp3) is 0.459. The number of ether oxygens (including phenoxy) is 1. The summed E-state index contributed by atoms with van der Waals surface area (Å²) in [6.45, 7) is 4.81. The van der Waals surface area contributed by atoms with E-state index in [2.05, 4.69) is 30.2 Å². The first-order valence-corrected chi connectivity index (χ1v) is 22.0. The fourth-order valence-electron chi connectivity index (χ4n) is 5.96. The Morgan fingerprint density at radius 3 is 1.62 bits per heavy atom. The van der Waals surface area contributed by atoms with Gasteiger partial charge in [-0.15, -0.1) is 0 Å². The Balaban J connectivity index is 0.000000325. The molecule has 0 bridgehead atoms. The first-order valence-electron chi connectivity index (χ1n) is 17.9. The number of nitrogens with one attached hydrogen (secondary N) is 2. The van der Waals surface area contributed by atoms with Crippen LogP contribution in [0.2, 0.25) is 0 Å². The Morgan fingerprint density at radius 1 is 0.820 bits per heavy atom. The van der Waals surface area contributed by atoms with Crippen LogP contribution in [0.3, 0.4) is 0 Å². The Labute approximate surface area is 366 Å². The second-order valence-electron chi connectivity index (χ2n) is 13.4. The molecular formula is C37H47Cl3F4N6O9S2. The number of carbonyl (C=O) groups is 2. The van der Waals surface area contributed by atoms with E-state index in [9.17, 15) is 39.6 Å². The molecule has 4 heterocycles. The molecule has 0 radical (unpaired) electrons. The number of piperidine rings is 2. The van der Waals surface area contributed by atoms with E-state index in [1.54, 1.807) is 6.07 Å². The topological polar surface area (TPSA) is 217 Å². The number of esters is 1. The van der Waals surface area contributed by atoms with Crippen molar-refractivity contribution in [3.63, 3.8) is 0 Å². The average molecular weight is 966 g/mol. The summed E-state index contributed by atoms with van der Waals surface area (Å²) in [5.74, 6) is -2.89. The maximum absolute atomic E-state index is 15.4. The summed E-state index contributed by atoms with van der Waals surface area (Å²) in [5, 5.41) is 7.43. The zero-order valence-electron chi connectivity index (χ0n) is 32.3. The number of sulfone groups is 2. The van der Waals surface area contributed by atoms with Crippen LogP contribution in [-0.4, -0.2) is 84.2 Å². The summed E-state index contributed by atoms with van der Waals surface area (Å²) in [4.78, 5) is 22.9. The highest BCUT2D eigenvalue weighted by Gasteiger charge is 2.49. The summed E-state index contributed by atoms with van der Waals surface area (Å²) < 4.78 is 118. The van der Waals surface area contributed by atoms with Crippen LogP contribution in [-0.2, 0) is 29.2 Å². The minimum absolute atomic E-state index is 0. The molecule has 4 N–H and O–H groups in total. The third-order valence-electron chi connectivity index (χ3n) is 9.23. The molecule has 15 nitrogen and oxygen atoms in total. The van der Waals surface area contributed by atoms with E-state index in [4.69, 9.17) is 45.1 Å². The van der Waals surface area contributed by atoms with Gasteiger partial charge in [-0.05, 0) is 124 Å². The van der Waals surface area contributed by atoms with E-state index in [-0.39, 0.29) is 44.1 Å². The monoisotopic (exact) mass is 964 g/mol. The molecule has 2 aromatic heterocycles. The van der Waals surface area contributed by atoms with Gasteiger partial charge in [0.15, 0.2) is 0 Å². The van der Waals surface area contributed by atoms with Gasteiger partial charge < -0.3 is 29.7 Å². The number of amides is 2. The molecule has 2 unspecified atom stereocenters. The Kier molecular flexibility index (Phi) is 19.8. The van der Waals surface area contributed by atoms with Gasteiger partial charge in [-0.2, -0.15) is 0 Å². The number of nitrogens with zero attached hydrogens (tertiary/aromatic N) is 3. The largest absolute Gasteiger partial charge is 0.415 e. The van der Waals surface area contributed by atoms with Crippen LogP contribution >= 0.6 is 34.8 Å². The predicted molar refractivity (Wildman–Crippen MR) is 221 cm³/mol. The van der Waals surface area contributed by atoms with Gasteiger partial charge >= 0.3 is 16.0 Å². The lowest BCUT2D eigenvalue weighted by Gasteiger charge is -2.37. The average Bonchev–Trinajstić information content (AvgIpc) is 3.89. The summed E-state index contributed by atoms with van der Waals surface area (Å²) in [6, 6.07) is 11.5. The molecule has 0 aliphatic carbocycles. The quantitative estimate of drug-likeness (QED) is 0.0904. The standard InChI is InChI=1S/C17H19F2N3O4S.C13H17F2NO2S.C3H3Cl3O2.C3H4N2O.CH4/c1-17(19,27(24,25)14-4-2-3-13(18)11-14)12-6-9-22(10-7-12)16(23)21-15-5-8-20-26-15;1-13(15,10-5-7-16-8-6-10)19(17,18)12-4-2-3-11(14)9-12;1-2(7)8-3(4,5)6;4-3-1-2-5-6-3;/h2-5,8,11-12H,6-7,9-10H2,1H3,(H,21,23);2-4,9-10,16H,5-8H2,1H3;1H3;1-2H,4H2;1H4. The van der Waals surface area contributed by atoms with Crippen molar-refractivity contribution in [1.29, 1.82) is 0 Å². The number of benzene rings is 2. The number of hydrogen-bond donors (Lipinski definition) is 3. The van der Waals surface area contributed by atoms with Gasteiger partial charge in [0.25, 0.3) is 0 Å². The summed E-state index contributed by atoms with van der Waals surface area (Å²) >= 11 is 15.0. The lowest BCUT2D eigenvalue weighted by molar-refractivity contribution is -0.141. The molecular weight excluding hydrogens is 919 g/mol. The number of rotatable bonds is 7. The van der Waals surface area contributed by atoms with Crippen LogP contribution in [0.4, 0.5) is 34.1 Å². The number of carbonyl (C=O) groups excluding carboxylic acids is 2. The van der Waals surface area contributed by atoms with Crippen molar-refractivity contribution < 1.29 is 57.8 Å². The second-order valence-corrected chi connectivity index (χ2v) is 20.2. The lowest BCUT2D eigenvalue weighted by atomic mass is 9.92. The molecule has 2 aromatic carbocycles. The zero-order valence-corrected chi connectivity index (χ0v) is 36.2. The Morgan fingerprint density at radius 2 is 1.28 bits per heavy atom. The number of alkyl halides is 5. The van der Waals surface area contributed by atoms with E-state index in [1.807, 2.05) is 0 Å². The first-order chi connectivity index (χ1) is 27.9. The van der Waals surface area contributed by atoms with Crippen LogP contribution in [0.1, 0.15) is 53.9 Å². The number of likely N-dealkylation sites (tertiary alicyclic amines) is 1. The summed E-state index contributed by atoms with van der Waals surface area (Å²) in [6.07, 6.45) is 4.11. The van der Waals surface area contributed by atoms with Crippen molar-refractivity contribution in [2.75, 3.05) is 37.2 Å². The van der Waals surface area contributed by atoms with E-state index < -0.39 is 74.0 Å². The second kappa shape index (κ2) is 22.8. The molecule has 2 aliphatic rings. The van der Waals surface area contributed by atoms with Gasteiger partial charge in [-0.3, -0.25) is 10.1 Å². The van der Waals surface area contributed by atoms with Gasteiger partial charge in [0.05, 0.1) is 22.2 Å². The molecule has 61 heavy (non-hydrogen) atoms. The van der Waals surface area contributed by atoms with Gasteiger partial charge in [0, 0.05) is 44.0 Å². The van der Waals surface area contributed by atoms with E-state index >= 15 is 4.39 Å². The molecule has 6 rings (SSSR count). The minimum atomic E-state index is -4.39. The minimum Gasteiger partial charge on any atom is -0.415 e. The normalized spacial score (nSPS) is 16.9. The molecule has 2 atom stereocenters. The van der Waals surface area contributed by atoms with E-state index in [0.29, 0.717) is 31.8 Å². The van der Waals surface area contributed by atoms with Crippen LogP contribution in [0, 0.1) is 23.5 Å². The first kappa shape index (κ1) is 53.0. The number of anilines is 2. The summed E-state index contributed by atoms with van der Waals surface area (Å²) in [7, 11) is -8.58. The van der Waals surface area contributed by atoms with Crippen molar-refractivity contribution >= 4 is 78.2 Å². The highest BCUT2D eigenvalue weighted by molar-refractivity contribution is 7.93. The highest BCUT2D eigenvalue weighted by Crippen LogP contribution is 2.40. The SMILES string of the molecule is C.CC(=O)OC(Cl)(Cl)Cl.CC(F)(C1CCN(C(=O)Nc2ccno2)CC1)S(=O)(=O)c1cccc(F)c1.CC(F)(C1CCNCC1)S(=O)(=O)c1cccc(F)c1.Nc1ccno1. The number of aromatic nitrogens is 2. The number of urea groups is 1. The lowest BCUT2D eigenvalue weighted by Crippen LogP contribution is -2.47. The molecule has 4 aromatic rings. The molecule has 2 fully saturated rings. The summed E-state index contributed by atoms with van der Waals surface area (Å²) in [5.41, 5.74) is 5.05. The van der Waals surface area contributed by atoms with Gasteiger partial charge in [0.1, 0.15) is 11.6 Å². The highest BCUT2D eigenvalue weighted by atomic mass is 35.6. The molecule has 340 valence electrons. The molecule has 2 aliphatic heterocycles. The predicted octanol–water partition coefficient (Wildman–Crippen LogP) is 8.27. The van der Waals surface area contributed by atoms with Crippen molar-refractivity contribution in [2.45, 2.75) is 77.7 Å². The van der Waals surface area contributed by atoms with Crippen molar-refractivity contribution in [3.8, 4) is 0 Å². The zero-order chi connectivity index (χ0) is 44.9. The molecule has 0 spiro atoms. The maximum atomic E-state index is 15.4. The molecule has 2 saturated heterocycles. The van der Waals surface area contributed by atoms with E-state index in [1.165, 1.54) is 47.6 Å². The Bertz CT molecular complexity index is 2200. The number of halogens is 7. The van der Waals surface area contributed by atoms with Crippen molar-refractivity contribution in [1.82, 2.24) is 20.5 Å². The molecule has 2 amide bonds. The smallest absolute Gasteiger partial charge is 0.340 e. The Hall–Kier alpha value is -4.15. The third kappa shape index (κ3) is 15.3. The number of nitrogens with two attached hydrogens (primary N) is 1. The van der Waals surface area contributed by atoms with Crippen molar-refractivity contribution in [2.24, 2.45) is 11.8 Å². The molecule has 0 saturated carbocycles. The third-order valence-corrected chi connectivity index (χ3v) is 14.0. The van der Waals surface area contributed by atoms with Crippen LogP contribution in [0.25, 0.3) is 0 Å². The van der Waals surface area contributed by atoms with Gasteiger partial charge in [0.2, 0.25) is 41.4 Å². The maximum Gasteiger partial charge on any atom is 0.340 e. The van der Waals surface area contributed by atoms with Crippen LogP contribution < -0.4 is 16.4 Å². The van der Waals surface area contributed by atoms with Crippen molar-refractivity contribution in [3.05, 3.63) is 84.7 Å². The fourth-order valence-corrected chi connectivity index (χ4v) is 9.60. The number of nitrogen functional groups attached to an aromatic ring is 1. The molecule has 24 heteroatoms. The van der Waals surface area contributed by atoms with Crippen LogP contribution in [0.5, 0.6) is 0 Å². The number of hydrogen-bond acceptors (Lipinski definition) is 13. The van der Waals surface area contributed by atoms with E-state index in [0.717, 1.165) is 45.0 Å².